The lowest BCUT2D eigenvalue weighted by Gasteiger charge is -2.29. The number of halogens is 1. The van der Waals surface area contributed by atoms with Crippen LogP contribution in [0.2, 0.25) is 0 Å². The maximum Gasteiger partial charge on any atom is 0.126 e. The number of hydrogen-bond acceptors (Lipinski definition) is 2. The third-order valence-electron chi connectivity index (χ3n) is 4.55. The van der Waals surface area contributed by atoms with Crippen LogP contribution in [-0.4, -0.2) is 25.3 Å². The lowest BCUT2D eigenvalue weighted by Crippen LogP contribution is -2.41. The second-order valence-corrected chi connectivity index (χ2v) is 5.67. The minimum atomic E-state index is -0.116. The van der Waals surface area contributed by atoms with E-state index in [0.717, 1.165) is 5.56 Å². The van der Waals surface area contributed by atoms with Crippen molar-refractivity contribution in [2.45, 2.75) is 45.4 Å². The summed E-state index contributed by atoms with van der Waals surface area (Å²) in [7, 11) is 1.95. The fourth-order valence-corrected chi connectivity index (χ4v) is 3.32. The van der Waals surface area contributed by atoms with Crippen molar-refractivity contribution < 1.29 is 9.13 Å². The van der Waals surface area contributed by atoms with E-state index in [2.05, 4.69) is 26.1 Å². The molecule has 1 aromatic rings. The van der Waals surface area contributed by atoms with Crippen molar-refractivity contribution in [1.29, 1.82) is 0 Å². The molecule has 2 nitrogen and oxygen atoms in total. The summed E-state index contributed by atoms with van der Waals surface area (Å²) in [4.78, 5) is 0. The first-order valence-corrected chi connectivity index (χ1v) is 7.10. The molecule has 19 heavy (non-hydrogen) atoms. The first-order chi connectivity index (χ1) is 9.04. The van der Waals surface area contributed by atoms with Gasteiger partial charge in [-0.2, -0.15) is 0 Å². The number of hydrogen-bond donors (Lipinski definition) is 1. The van der Waals surface area contributed by atoms with Crippen LogP contribution in [0.25, 0.3) is 0 Å². The van der Waals surface area contributed by atoms with E-state index in [1.54, 1.807) is 6.07 Å². The molecule has 3 heteroatoms. The van der Waals surface area contributed by atoms with E-state index in [-0.39, 0.29) is 24.1 Å². The molecule has 1 N–H and O–H groups in total. The van der Waals surface area contributed by atoms with E-state index in [1.165, 1.54) is 6.07 Å². The summed E-state index contributed by atoms with van der Waals surface area (Å²) in [6.07, 6.45) is 1.20. The maximum absolute atomic E-state index is 13.8. The van der Waals surface area contributed by atoms with Gasteiger partial charge in [0.1, 0.15) is 5.82 Å². The van der Waals surface area contributed by atoms with Crippen molar-refractivity contribution in [3.63, 3.8) is 0 Å². The van der Waals surface area contributed by atoms with Gasteiger partial charge in [0.15, 0.2) is 0 Å². The molecule has 0 saturated carbocycles. The summed E-state index contributed by atoms with van der Waals surface area (Å²) in [5, 5.41) is 3.35. The Hall–Kier alpha value is -0.930. The zero-order valence-electron chi connectivity index (χ0n) is 12.2. The molecule has 1 heterocycles. The van der Waals surface area contributed by atoms with E-state index < -0.39 is 0 Å². The molecule has 1 fully saturated rings. The topological polar surface area (TPSA) is 21.3 Å². The Bertz CT molecular complexity index is 423. The minimum absolute atomic E-state index is 0.116. The molecule has 0 spiro atoms. The standard InChI is InChI=1S/C16H24FNO/c1-10-11(2)19-12(3)16(10)15(18-4)9-13-7-5-6-8-14(13)17/h5-8,10-12,15-16,18H,9H2,1-4H3. The summed E-state index contributed by atoms with van der Waals surface area (Å²) >= 11 is 0. The summed E-state index contributed by atoms with van der Waals surface area (Å²) in [5.74, 6) is 0.786. The largest absolute Gasteiger partial charge is 0.375 e. The van der Waals surface area contributed by atoms with Crippen LogP contribution in [0, 0.1) is 17.7 Å². The van der Waals surface area contributed by atoms with Crippen molar-refractivity contribution in [3.8, 4) is 0 Å². The van der Waals surface area contributed by atoms with Crippen molar-refractivity contribution >= 4 is 0 Å². The van der Waals surface area contributed by atoms with Crippen LogP contribution in [0.1, 0.15) is 26.3 Å². The maximum atomic E-state index is 13.8. The zero-order valence-corrected chi connectivity index (χ0v) is 12.2. The highest BCUT2D eigenvalue weighted by atomic mass is 19.1. The quantitative estimate of drug-likeness (QED) is 0.903. The molecule has 0 bridgehead atoms. The van der Waals surface area contributed by atoms with Crippen molar-refractivity contribution in [2.75, 3.05) is 7.05 Å². The predicted molar refractivity (Wildman–Crippen MR) is 75.6 cm³/mol. The molecule has 0 radical (unpaired) electrons. The molecule has 0 amide bonds. The smallest absolute Gasteiger partial charge is 0.126 e. The molecule has 1 aliphatic rings. The number of benzene rings is 1. The van der Waals surface area contributed by atoms with E-state index in [0.29, 0.717) is 18.3 Å². The van der Waals surface area contributed by atoms with Crippen LogP contribution in [-0.2, 0) is 11.2 Å². The summed E-state index contributed by atoms with van der Waals surface area (Å²) in [5.41, 5.74) is 0.779. The normalized spacial score (nSPS) is 32.5. The van der Waals surface area contributed by atoms with Crippen LogP contribution >= 0.6 is 0 Å². The Morgan fingerprint density at radius 3 is 2.42 bits per heavy atom. The fraction of sp³-hybridized carbons (Fsp3) is 0.625. The number of ether oxygens (including phenoxy) is 1. The monoisotopic (exact) mass is 265 g/mol. The average molecular weight is 265 g/mol. The lowest BCUT2D eigenvalue weighted by atomic mass is 9.81. The van der Waals surface area contributed by atoms with Gasteiger partial charge < -0.3 is 10.1 Å². The Balaban J connectivity index is 2.15. The Morgan fingerprint density at radius 2 is 1.89 bits per heavy atom. The number of likely N-dealkylation sites (N-methyl/N-ethyl adjacent to an activating group) is 1. The molecule has 0 aliphatic carbocycles. The first kappa shape index (κ1) is 14.5. The summed E-state index contributed by atoms with van der Waals surface area (Å²) in [6, 6.07) is 7.27. The van der Waals surface area contributed by atoms with Gasteiger partial charge in [0.2, 0.25) is 0 Å². The van der Waals surface area contributed by atoms with Gasteiger partial charge in [-0.05, 0) is 44.9 Å². The molecule has 106 valence electrons. The van der Waals surface area contributed by atoms with Gasteiger partial charge in [0, 0.05) is 12.0 Å². The molecule has 1 saturated heterocycles. The lowest BCUT2D eigenvalue weighted by molar-refractivity contribution is 0.0478. The average Bonchev–Trinajstić information content (AvgIpc) is 2.63. The van der Waals surface area contributed by atoms with Gasteiger partial charge in [-0.15, -0.1) is 0 Å². The molecule has 1 aromatic carbocycles. The van der Waals surface area contributed by atoms with Gasteiger partial charge in [0.25, 0.3) is 0 Å². The molecule has 5 unspecified atom stereocenters. The minimum Gasteiger partial charge on any atom is -0.375 e. The van der Waals surface area contributed by atoms with Crippen molar-refractivity contribution in [1.82, 2.24) is 5.32 Å². The van der Waals surface area contributed by atoms with E-state index in [1.807, 2.05) is 19.2 Å². The second kappa shape index (κ2) is 6.02. The first-order valence-electron chi connectivity index (χ1n) is 7.10. The van der Waals surface area contributed by atoms with Crippen LogP contribution in [0.15, 0.2) is 24.3 Å². The van der Waals surface area contributed by atoms with Gasteiger partial charge >= 0.3 is 0 Å². The van der Waals surface area contributed by atoms with Crippen molar-refractivity contribution in [2.24, 2.45) is 11.8 Å². The van der Waals surface area contributed by atoms with E-state index >= 15 is 0 Å². The highest BCUT2D eigenvalue weighted by Gasteiger charge is 2.41. The highest BCUT2D eigenvalue weighted by Crippen LogP contribution is 2.35. The van der Waals surface area contributed by atoms with Gasteiger partial charge in [0.05, 0.1) is 12.2 Å². The SMILES string of the molecule is CNC(Cc1ccccc1F)C1C(C)OC(C)C1C. The van der Waals surface area contributed by atoms with Crippen LogP contribution < -0.4 is 5.32 Å². The summed E-state index contributed by atoms with van der Waals surface area (Å²) < 4.78 is 19.7. The third kappa shape index (κ3) is 2.98. The van der Waals surface area contributed by atoms with Gasteiger partial charge in [-0.3, -0.25) is 0 Å². The van der Waals surface area contributed by atoms with E-state index in [9.17, 15) is 4.39 Å². The molecule has 5 atom stereocenters. The second-order valence-electron chi connectivity index (χ2n) is 5.67. The van der Waals surface area contributed by atoms with Crippen LogP contribution in [0.3, 0.4) is 0 Å². The molecule has 0 aromatic heterocycles. The van der Waals surface area contributed by atoms with E-state index in [4.69, 9.17) is 4.74 Å². The molecule has 2 rings (SSSR count). The van der Waals surface area contributed by atoms with Crippen LogP contribution in [0.5, 0.6) is 0 Å². The summed E-state index contributed by atoms with van der Waals surface area (Å²) in [6.45, 7) is 6.47. The van der Waals surface area contributed by atoms with Gasteiger partial charge in [-0.1, -0.05) is 25.1 Å². The Labute approximate surface area is 115 Å². The number of rotatable bonds is 4. The Kier molecular flexibility index (Phi) is 4.58. The molecule has 1 aliphatic heterocycles. The highest BCUT2D eigenvalue weighted by molar-refractivity contribution is 5.19. The van der Waals surface area contributed by atoms with Crippen molar-refractivity contribution in [3.05, 3.63) is 35.6 Å². The molecular formula is C16H24FNO. The van der Waals surface area contributed by atoms with Gasteiger partial charge in [-0.25, -0.2) is 4.39 Å². The predicted octanol–water partition coefficient (Wildman–Crippen LogP) is 3.02. The van der Waals surface area contributed by atoms with Crippen LogP contribution in [0.4, 0.5) is 4.39 Å². The number of nitrogens with one attached hydrogen (secondary N) is 1. The Morgan fingerprint density at radius 1 is 1.21 bits per heavy atom. The third-order valence-corrected chi connectivity index (χ3v) is 4.55. The molecular weight excluding hydrogens is 241 g/mol. The zero-order chi connectivity index (χ0) is 14.0. The fourth-order valence-electron chi connectivity index (χ4n) is 3.32.